The SMILES string of the molecule is Cc1cccc(-c2nc(C)ccc2Oc2ccnc(Nc3cccc(C(C)(C)C(=O)O)c3)c2)c1. The van der Waals surface area contributed by atoms with E-state index in [1.165, 1.54) is 0 Å². The molecule has 2 aromatic heterocycles. The van der Waals surface area contributed by atoms with E-state index in [1.54, 1.807) is 32.2 Å². The summed E-state index contributed by atoms with van der Waals surface area (Å²) in [6, 6.07) is 22.9. The molecule has 0 fully saturated rings. The number of ether oxygens (including phenoxy) is 1. The fourth-order valence-corrected chi connectivity index (χ4v) is 3.55. The first-order valence-corrected chi connectivity index (χ1v) is 11.0. The van der Waals surface area contributed by atoms with Crippen molar-refractivity contribution in [3.05, 3.63) is 95.8 Å². The van der Waals surface area contributed by atoms with Crippen LogP contribution in [0.1, 0.15) is 30.7 Å². The van der Waals surface area contributed by atoms with Gasteiger partial charge in [-0.15, -0.1) is 0 Å². The second kappa shape index (κ2) is 9.35. The topological polar surface area (TPSA) is 84.3 Å². The highest BCUT2D eigenvalue weighted by molar-refractivity contribution is 5.81. The summed E-state index contributed by atoms with van der Waals surface area (Å²) >= 11 is 0. The van der Waals surface area contributed by atoms with E-state index in [-0.39, 0.29) is 0 Å². The largest absolute Gasteiger partial charge is 0.481 e. The molecule has 6 nitrogen and oxygen atoms in total. The van der Waals surface area contributed by atoms with Crippen LogP contribution in [0.2, 0.25) is 0 Å². The second-order valence-electron chi connectivity index (χ2n) is 8.78. The van der Waals surface area contributed by atoms with Gasteiger partial charge in [0.05, 0.1) is 5.41 Å². The molecule has 0 saturated heterocycles. The van der Waals surface area contributed by atoms with Gasteiger partial charge in [0.25, 0.3) is 0 Å². The first-order valence-electron chi connectivity index (χ1n) is 11.0. The minimum atomic E-state index is -0.999. The molecule has 34 heavy (non-hydrogen) atoms. The molecule has 0 aliphatic rings. The lowest BCUT2D eigenvalue weighted by Crippen LogP contribution is -2.28. The maximum atomic E-state index is 11.6. The standard InChI is InChI=1S/C28H27N3O3/c1-18-7-5-8-20(15-18)26-24(12-11-19(2)30-26)34-23-13-14-29-25(17-23)31-22-10-6-9-21(16-22)28(3,4)27(32)33/h5-17H,1-4H3,(H,29,31)(H,32,33). The van der Waals surface area contributed by atoms with Crippen LogP contribution < -0.4 is 10.1 Å². The Hall–Kier alpha value is -4.19. The summed E-state index contributed by atoms with van der Waals surface area (Å²) in [4.78, 5) is 20.7. The zero-order valence-electron chi connectivity index (χ0n) is 19.7. The highest BCUT2D eigenvalue weighted by atomic mass is 16.5. The molecular weight excluding hydrogens is 426 g/mol. The smallest absolute Gasteiger partial charge is 0.313 e. The zero-order chi connectivity index (χ0) is 24.3. The molecule has 0 unspecified atom stereocenters. The number of carbonyl (C=O) groups is 1. The van der Waals surface area contributed by atoms with E-state index in [2.05, 4.69) is 16.4 Å². The van der Waals surface area contributed by atoms with Gasteiger partial charge in [-0.1, -0.05) is 35.9 Å². The summed E-state index contributed by atoms with van der Waals surface area (Å²) in [6.07, 6.45) is 1.66. The van der Waals surface area contributed by atoms with E-state index in [9.17, 15) is 9.90 Å². The van der Waals surface area contributed by atoms with Gasteiger partial charge in [0.15, 0.2) is 5.75 Å². The third kappa shape index (κ3) is 5.07. The molecular formula is C28H27N3O3. The van der Waals surface area contributed by atoms with Crippen molar-refractivity contribution >= 4 is 17.5 Å². The number of rotatable bonds is 7. The van der Waals surface area contributed by atoms with E-state index in [0.29, 0.717) is 22.9 Å². The molecule has 2 aromatic carbocycles. The Labute approximate surface area is 199 Å². The highest BCUT2D eigenvalue weighted by Crippen LogP contribution is 2.33. The van der Waals surface area contributed by atoms with Crippen LogP contribution in [0.4, 0.5) is 11.5 Å². The summed E-state index contributed by atoms with van der Waals surface area (Å²) in [5, 5.41) is 12.8. The minimum Gasteiger partial charge on any atom is -0.481 e. The Morgan fingerprint density at radius 2 is 1.76 bits per heavy atom. The summed E-state index contributed by atoms with van der Waals surface area (Å²) < 4.78 is 6.23. The fraction of sp³-hybridized carbons (Fsp3) is 0.179. The molecule has 4 aromatic rings. The van der Waals surface area contributed by atoms with Crippen LogP contribution in [0.3, 0.4) is 0 Å². The summed E-state index contributed by atoms with van der Waals surface area (Å²) in [5.41, 5.74) is 4.27. The number of hydrogen-bond donors (Lipinski definition) is 2. The van der Waals surface area contributed by atoms with E-state index in [0.717, 1.165) is 28.2 Å². The number of aryl methyl sites for hydroxylation is 2. The van der Waals surface area contributed by atoms with Crippen molar-refractivity contribution in [2.75, 3.05) is 5.32 Å². The van der Waals surface area contributed by atoms with Crippen molar-refractivity contribution in [1.29, 1.82) is 0 Å². The second-order valence-corrected chi connectivity index (χ2v) is 8.78. The molecule has 2 heterocycles. The quantitative estimate of drug-likeness (QED) is 0.326. The van der Waals surface area contributed by atoms with Crippen LogP contribution in [-0.4, -0.2) is 21.0 Å². The number of aromatic nitrogens is 2. The zero-order valence-corrected chi connectivity index (χ0v) is 19.7. The molecule has 6 heteroatoms. The maximum absolute atomic E-state index is 11.6. The number of carboxylic acids is 1. The fourth-order valence-electron chi connectivity index (χ4n) is 3.55. The van der Waals surface area contributed by atoms with Gasteiger partial charge in [-0.25, -0.2) is 9.97 Å². The highest BCUT2D eigenvalue weighted by Gasteiger charge is 2.29. The number of anilines is 2. The molecule has 0 aliphatic carbocycles. The summed E-state index contributed by atoms with van der Waals surface area (Å²) in [5.74, 6) is 0.965. The van der Waals surface area contributed by atoms with Gasteiger partial charge in [0.1, 0.15) is 17.3 Å². The molecule has 172 valence electrons. The molecule has 0 spiro atoms. The van der Waals surface area contributed by atoms with E-state index < -0.39 is 11.4 Å². The molecule has 4 rings (SSSR count). The van der Waals surface area contributed by atoms with Gasteiger partial charge >= 0.3 is 5.97 Å². The van der Waals surface area contributed by atoms with Crippen molar-refractivity contribution in [2.45, 2.75) is 33.1 Å². The van der Waals surface area contributed by atoms with Crippen LogP contribution in [-0.2, 0) is 10.2 Å². The van der Waals surface area contributed by atoms with Gasteiger partial charge in [-0.05, 0) is 69.7 Å². The van der Waals surface area contributed by atoms with Gasteiger partial charge in [0, 0.05) is 29.2 Å². The summed E-state index contributed by atoms with van der Waals surface area (Å²) in [7, 11) is 0. The lowest BCUT2D eigenvalue weighted by molar-refractivity contribution is -0.142. The Bertz CT molecular complexity index is 1350. The Morgan fingerprint density at radius 3 is 2.53 bits per heavy atom. The van der Waals surface area contributed by atoms with Gasteiger partial charge < -0.3 is 15.2 Å². The van der Waals surface area contributed by atoms with Crippen molar-refractivity contribution in [2.24, 2.45) is 0 Å². The van der Waals surface area contributed by atoms with Crippen LogP contribution in [0.5, 0.6) is 11.5 Å². The molecule has 0 bridgehead atoms. The Kier molecular flexibility index (Phi) is 6.32. The molecule has 0 amide bonds. The Morgan fingerprint density at radius 1 is 0.971 bits per heavy atom. The third-order valence-corrected chi connectivity index (χ3v) is 5.64. The number of pyridine rings is 2. The average molecular weight is 454 g/mol. The predicted molar refractivity (Wildman–Crippen MR) is 134 cm³/mol. The molecule has 0 aliphatic heterocycles. The van der Waals surface area contributed by atoms with E-state index in [4.69, 9.17) is 9.72 Å². The molecule has 0 atom stereocenters. The number of benzene rings is 2. The first-order chi connectivity index (χ1) is 16.2. The van der Waals surface area contributed by atoms with Gasteiger partial charge in [0.2, 0.25) is 0 Å². The number of nitrogens with zero attached hydrogens (tertiary/aromatic N) is 2. The molecule has 2 N–H and O–H groups in total. The van der Waals surface area contributed by atoms with Crippen LogP contribution in [0.15, 0.2) is 79.0 Å². The third-order valence-electron chi connectivity index (χ3n) is 5.64. The van der Waals surface area contributed by atoms with Crippen molar-refractivity contribution < 1.29 is 14.6 Å². The number of carboxylic acid groups (broad SMARTS) is 1. The van der Waals surface area contributed by atoms with Crippen molar-refractivity contribution in [3.63, 3.8) is 0 Å². The Balaban J connectivity index is 1.60. The normalized spacial score (nSPS) is 11.2. The van der Waals surface area contributed by atoms with Gasteiger partial charge in [-0.2, -0.15) is 0 Å². The van der Waals surface area contributed by atoms with Crippen LogP contribution in [0, 0.1) is 13.8 Å². The molecule has 0 radical (unpaired) electrons. The molecule has 0 saturated carbocycles. The van der Waals surface area contributed by atoms with Crippen LogP contribution in [0.25, 0.3) is 11.3 Å². The number of nitrogens with one attached hydrogen (secondary N) is 1. The number of hydrogen-bond acceptors (Lipinski definition) is 5. The van der Waals surface area contributed by atoms with Crippen LogP contribution >= 0.6 is 0 Å². The first kappa shape index (κ1) is 23.0. The van der Waals surface area contributed by atoms with Crippen molar-refractivity contribution in [1.82, 2.24) is 9.97 Å². The monoisotopic (exact) mass is 453 g/mol. The van der Waals surface area contributed by atoms with E-state index in [1.807, 2.05) is 68.4 Å². The average Bonchev–Trinajstić information content (AvgIpc) is 2.80. The number of aliphatic carboxylic acids is 1. The lowest BCUT2D eigenvalue weighted by atomic mass is 9.84. The van der Waals surface area contributed by atoms with Crippen molar-refractivity contribution in [3.8, 4) is 22.8 Å². The predicted octanol–water partition coefficient (Wildman–Crippen LogP) is 6.66. The van der Waals surface area contributed by atoms with Gasteiger partial charge in [-0.3, -0.25) is 4.79 Å². The van der Waals surface area contributed by atoms with E-state index >= 15 is 0 Å². The maximum Gasteiger partial charge on any atom is 0.313 e. The minimum absolute atomic E-state index is 0.583. The summed E-state index contributed by atoms with van der Waals surface area (Å²) in [6.45, 7) is 7.37. The lowest BCUT2D eigenvalue weighted by Gasteiger charge is -2.20.